The third-order valence-corrected chi connectivity index (χ3v) is 7.73. The van der Waals surface area contributed by atoms with Crippen LogP contribution in [0.3, 0.4) is 0 Å². The van der Waals surface area contributed by atoms with E-state index in [-0.39, 0.29) is 17.4 Å². The number of aromatic nitrogens is 2. The van der Waals surface area contributed by atoms with E-state index in [1.165, 1.54) is 10.9 Å². The molecule has 1 saturated heterocycles. The summed E-state index contributed by atoms with van der Waals surface area (Å²) in [6.45, 7) is 1.78. The number of nitrogens with one attached hydrogen (secondary N) is 3. The van der Waals surface area contributed by atoms with Crippen LogP contribution in [0.25, 0.3) is 32.9 Å². The Morgan fingerprint density at radius 2 is 1.82 bits per heavy atom. The molecule has 6 rings (SSSR count). The van der Waals surface area contributed by atoms with Crippen molar-refractivity contribution in [3.63, 3.8) is 0 Å². The SMILES string of the molecule is O=C(NCCc1c[nH]c2ccccc12)[C@H]1CCCN(c2c(-c3ccccc3)c3cc(Cl)ccc3[nH]c2=O)C1. The van der Waals surface area contributed by atoms with Gasteiger partial charge >= 0.3 is 0 Å². The van der Waals surface area contributed by atoms with Crippen LogP contribution in [-0.4, -0.2) is 35.5 Å². The Balaban J connectivity index is 1.25. The number of carbonyl (C=O) groups excluding carboxylic acids is 1. The normalized spacial score (nSPS) is 15.7. The number of H-pyrrole nitrogens is 2. The van der Waals surface area contributed by atoms with Gasteiger partial charge in [-0.15, -0.1) is 0 Å². The third-order valence-electron chi connectivity index (χ3n) is 7.49. The fourth-order valence-electron chi connectivity index (χ4n) is 5.65. The number of pyridine rings is 1. The third kappa shape index (κ3) is 4.68. The molecule has 3 N–H and O–H groups in total. The first-order chi connectivity index (χ1) is 18.6. The van der Waals surface area contributed by atoms with Crippen LogP contribution in [0.15, 0.2) is 83.8 Å². The van der Waals surface area contributed by atoms with E-state index in [1.54, 1.807) is 6.07 Å². The zero-order valence-corrected chi connectivity index (χ0v) is 21.7. The summed E-state index contributed by atoms with van der Waals surface area (Å²) in [5.74, 6) is -0.152. The van der Waals surface area contributed by atoms with Gasteiger partial charge in [0.1, 0.15) is 5.69 Å². The Labute approximate surface area is 225 Å². The summed E-state index contributed by atoms with van der Waals surface area (Å²) in [6, 6.07) is 23.6. The average Bonchev–Trinajstić information content (AvgIpc) is 3.36. The van der Waals surface area contributed by atoms with Gasteiger partial charge in [-0.05, 0) is 54.7 Å². The van der Waals surface area contributed by atoms with Crippen molar-refractivity contribution in [3.8, 4) is 11.1 Å². The number of carbonyl (C=O) groups is 1. The zero-order chi connectivity index (χ0) is 26.1. The van der Waals surface area contributed by atoms with Crippen LogP contribution < -0.4 is 15.8 Å². The second-order valence-corrected chi connectivity index (χ2v) is 10.4. The second-order valence-electron chi connectivity index (χ2n) is 9.92. The molecular weight excluding hydrogens is 496 g/mol. The van der Waals surface area contributed by atoms with Crippen molar-refractivity contribution in [1.29, 1.82) is 0 Å². The van der Waals surface area contributed by atoms with Gasteiger partial charge in [0.2, 0.25) is 5.91 Å². The Bertz CT molecular complexity index is 1670. The average molecular weight is 525 g/mol. The first kappa shape index (κ1) is 24.3. The number of piperidine rings is 1. The van der Waals surface area contributed by atoms with Crippen molar-refractivity contribution < 1.29 is 4.79 Å². The number of rotatable bonds is 6. The fourth-order valence-corrected chi connectivity index (χ4v) is 5.82. The van der Waals surface area contributed by atoms with Gasteiger partial charge in [-0.1, -0.05) is 60.1 Å². The van der Waals surface area contributed by atoms with Gasteiger partial charge in [0.25, 0.3) is 5.56 Å². The number of amides is 1. The zero-order valence-electron chi connectivity index (χ0n) is 21.0. The monoisotopic (exact) mass is 524 g/mol. The van der Waals surface area contributed by atoms with Crippen LogP contribution >= 0.6 is 11.6 Å². The molecule has 0 bridgehead atoms. The molecule has 0 saturated carbocycles. The first-order valence-electron chi connectivity index (χ1n) is 13.1. The molecule has 3 heterocycles. The van der Waals surface area contributed by atoms with E-state index < -0.39 is 0 Å². The molecule has 0 unspecified atom stereocenters. The largest absolute Gasteiger partial charge is 0.366 e. The lowest BCUT2D eigenvalue weighted by Crippen LogP contribution is -2.45. The maximum absolute atomic E-state index is 13.5. The minimum atomic E-state index is -0.190. The van der Waals surface area contributed by atoms with Crippen LogP contribution in [0.5, 0.6) is 0 Å². The molecular formula is C31H29ClN4O2. The van der Waals surface area contributed by atoms with Gasteiger partial charge in [0.15, 0.2) is 0 Å². The molecule has 6 nitrogen and oxygen atoms in total. The van der Waals surface area contributed by atoms with E-state index in [2.05, 4.69) is 32.3 Å². The van der Waals surface area contributed by atoms with E-state index in [1.807, 2.05) is 60.8 Å². The summed E-state index contributed by atoms with van der Waals surface area (Å²) >= 11 is 6.38. The Hall–Kier alpha value is -4.03. The highest BCUT2D eigenvalue weighted by Crippen LogP contribution is 2.37. The van der Waals surface area contributed by atoms with E-state index in [0.717, 1.165) is 46.8 Å². The summed E-state index contributed by atoms with van der Waals surface area (Å²) in [4.78, 5) is 35.1. The fraction of sp³-hybridized carbons (Fsp3) is 0.226. The topological polar surface area (TPSA) is 81.0 Å². The Kier molecular flexibility index (Phi) is 6.64. The minimum Gasteiger partial charge on any atom is -0.366 e. The van der Waals surface area contributed by atoms with Crippen molar-refractivity contribution in [3.05, 3.63) is 99.9 Å². The summed E-state index contributed by atoms with van der Waals surface area (Å²) in [5.41, 5.74) is 5.29. The number of hydrogen-bond donors (Lipinski definition) is 3. The van der Waals surface area contributed by atoms with E-state index in [4.69, 9.17) is 11.6 Å². The summed E-state index contributed by atoms with van der Waals surface area (Å²) in [7, 11) is 0. The van der Waals surface area contributed by atoms with Gasteiger partial charge in [-0.25, -0.2) is 0 Å². The Morgan fingerprint density at radius 3 is 2.68 bits per heavy atom. The molecule has 1 amide bonds. The standard InChI is InChI=1S/C31H29ClN4O2/c32-23-12-13-27-25(17-23)28(20-7-2-1-3-8-20)29(31(38)35-27)36-16-6-9-22(19-36)30(37)33-15-14-21-18-34-26-11-5-4-10-24(21)26/h1-5,7-8,10-13,17-18,22,34H,6,9,14-16,19H2,(H,33,37)(H,35,38)/t22-/m0/s1. The van der Waals surface area contributed by atoms with Crippen molar-refractivity contribution in [2.75, 3.05) is 24.5 Å². The van der Waals surface area contributed by atoms with Gasteiger partial charge in [0, 0.05) is 58.2 Å². The molecule has 0 aliphatic carbocycles. The number of aromatic amines is 2. The van der Waals surface area contributed by atoms with Crippen molar-refractivity contribution in [2.24, 2.45) is 5.92 Å². The maximum Gasteiger partial charge on any atom is 0.272 e. The molecule has 1 aliphatic rings. The molecule has 1 fully saturated rings. The number of nitrogens with zero attached hydrogens (tertiary/aromatic N) is 1. The molecule has 7 heteroatoms. The van der Waals surface area contributed by atoms with Crippen LogP contribution in [-0.2, 0) is 11.2 Å². The molecule has 1 atom stereocenters. The highest BCUT2D eigenvalue weighted by Gasteiger charge is 2.29. The lowest BCUT2D eigenvalue weighted by atomic mass is 9.94. The molecule has 0 radical (unpaired) electrons. The predicted octanol–water partition coefficient (Wildman–Crippen LogP) is 5.91. The number of anilines is 1. The number of benzene rings is 3. The molecule has 0 spiro atoms. The smallest absolute Gasteiger partial charge is 0.272 e. The number of hydrogen-bond acceptors (Lipinski definition) is 3. The Morgan fingerprint density at radius 1 is 1.00 bits per heavy atom. The van der Waals surface area contributed by atoms with Crippen molar-refractivity contribution >= 4 is 45.0 Å². The lowest BCUT2D eigenvalue weighted by molar-refractivity contribution is -0.125. The molecule has 3 aromatic carbocycles. The molecule has 2 aromatic heterocycles. The van der Waals surface area contributed by atoms with Gasteiger partial charge in [0.05, 0.1) is 5.92 Å². The van der Waals surface area contributed by atoms with Crippen molar-refractivity contribution in [1.82, 2.24) is 15.3 Å². The lowest BCUT2D eigenvalue weighted by Gasteiger charge is -2.34. The van der Waals surface area contributed by atoms with Crippen LogP contribution in [0, 0.1) is 5.92 Å². The molecule has 5 aromatic rings. The van der Waals surface area contributed by atoms with Crippen LogP contribution in [0.4, 0.5) is 5.69 Å². The molecule has 38 heavy (non-hydrogen) atoms. The quantitative estimate of drug-likeness (QED) is 0.258. The van der Waals surface area contributed by atoms with Gasteiger partial charge in [-0.3, -0.25) is 9.59 Å². The van der Waals surface area contributed by atoms with Crippen LogP contribution in [0.2, 0.25) is 5.02 Å². The predicted molar refractivity (Wildman–Crippen MR) is 155 cm³/mol. The number of halogens is 1. The summed E-state index contributed by atoms with van der Waals surface area (Å²) in [6.07, 6.45) is 4.41. The van der Waals surface area contributed by atoms with Gasteiger partial charge in [-0.2, -0.15) is 0 Å². The van der Waals surface area contributed by atoms with Crippen molar-refractivity contribution in [2.45, 2.75) is 19.3 Å². The van der Waals surface area contributed by atoms with E-state index in [0.29, 0.717) is 30.3 Å². The highest BCUT2D eigenvalue weighted by atomic mass is 35.5. The molecule has 1 aliphatic heterocycles. The summed E-state index contributed by atoms with van der Waals surface area (Å²) in [5, 5.41) is 5.83. The minimum absolute atomic E-state index is 0.0380. The number of para-hydroxylation sites is 1. The van der Waals surface area contributed by atoms with E-state index in [9.17, 15) is 9.59 Å². The maximum atomic E-state index is 13.5. The first-order valence-corrected chi connectivity index (χ1v) is 13.4. The highest BCUT2D eigenvalue weighted by molar-refractivity contribution is 6.31. The summed E-state index contributed by atoms with van der Waals surface area (Å²) < 4.78 is 0. The molecule has 192 valence electrons. The number of fused-ring (bicyclic) bond motifs is 2. The van der Waals surface area contributed by atoms with E-state index >= 15 is 0 Å². The van der Waals surface area contributed by atoms with Crippen LogP contribution in [0.1, 0.15) is 18.4 Å². The second kappa shape index (κ2) is 10.4. The van der Waals surface area contributed by atoms with Gasteiger partial charge < -0.3 is 20.2 Å².